The van der Waals surface area contributed by atoms with E-state index in [-0.39, 0.29) is 5.75 Å². The minimum absolute atomic E-state index is 0.301. The van der Waals surface area contributed by atoms with Crippen molar-refractivity contribution in [1.29, 1.82) is 0 Å². The van der Waals surface area contributed by atoms with Gasteiger partial charge < -0.3 is 5.11 Å². The zero-order valence-electron chi connectivity index (χ0n) is 7.61. The van der Waals surface area contributed by atoms with Gasteiger partial charge in [-0.05, 0) is 46.7 Å². The summed E-state index contributed by atoms with van der Waals surface area (Å²) in [5.41, 5.74) is -0.407. The van der Waals surface area contributed by atoms with Crippen molar-refractivity contribution >= 4 is 22.6 Å². The normalized spacial score (nSPS) is 11.5. The highest BCUT2D eigenvalue weighted by molar-refractivity contribution is 14.1. The molecule has 1 nitrogen and oxygen atoms in total. The van der Waals surface area contributed by atoms with Gasteiger partial charge in [0, 0.05) is 0 Å². The Morgan fingerprint density at radius 2 is 2.00 bits per heavy atom. The molecule has 0 spiro atoms. The van der Waals surface area contributed by atoms with Crippen molar-refractivity contribution in [2.24, 2.45) is 0 Å². The summed E-state index contributed by atoms with van der Waals surface area (Å²) in [5.74, 6) is -0.345. The molecule has 1 aromatic rings. The van der Waals surface area contributed by atoms with E-state index in [2.05, 4.69) is 6.58 Å². The second-order valence-electron chi connectivity index (χ2n) is 2.96. The number of halogens is 4. The molecule has 0 amide bonds. The van der Waals surface area contributed by atoms with Crippen molar-refractivity contribution in [1.82, 2.24) is 0 Å². The first kappa shape index (κ1) is 12.4. The van der Waals surface area contributed by atoms with E-state index in [0.29, 0.717) is 15.6 Å². The Hall–Kier alpha value is -0.720. The molecule has 1 rings (SSSR count). The van der Waals surface area contributed by atoms with Crippen LogP contribution in [0.5, 0.6) is 5.75 Å². The van der Waals surface area contributed by atoms with Crippen LogP contribution in [0.1, 0.15) is 11.1 Å². The first-order chi connectivity index (χ1) is 6.86. The van der Waals surface area contributed by atoms with Crippen LogP contribution in [0, 0.1) is 3.57 Å². The molecular weight excluding hydrogens is 320 g/mol. The van der Waals surface area contributed by atoms with E-state index >= 15 is 0 Å². The lowest BCUT2D eigenvalue weighted by atomic mass is 10.1. The molecule has 1 aromatic carbocycles. The fraction of sp³-hybridized carbons (Fsp3) is 0.200. The standard InChI is InChI=1S/C10H8F3IO/c1-2-3-6-4-7(10(11,12)13)5-8(15)9(6)14/h2,4-5,15H,1,3H2. The van der Waals surface area contributed by atoms with Crippen LogP contribution in [0.15, 0.2) is 24.8 Å². The molecule has 5 heteroatoms. The number of hydrogen-bond donors (Lipinski definition) is 1. The predicted octanol–water partition coefficient (Wildman–Crippen LogP) is 3.74. The molecule has 0 aliphatic rings. The Kier molecular flexibility index (Phi) is 3.64. The molecule has 0 heterocycles. The third-order valence-electron chi connectivity index (χ3n) is 1.82. The topological polar surface area (TPSA) is 20.2 Å². The fourth-order valence-electron chi connectivity index (χ4n) is 1.14. The van der Waals surface area contributed by atoms with E-state index in [1.165, 1.54) is 6.08 Å². The van der Waals surface area contributed by atoms with Crippen LogP contribution in [0.4, 0.5) is 13.2 Å². The van der Waals surface area contributed by atoms with Gasteiger partial charge in [0.25, 0.3) is 0 Å². The zero-order valence-corrected chi connectivity index (χ0v) is 9.76. The molecule has 0 saturated heterocycles. The summed E-state index contributed by atoms with van der Waals surface area (Å²) >= 11 is 1.81. The monoisotopic (exact) mass is 328 g/mol. The Morgan fingerprint density at radius 3 is 2.47 bits per heavy atom. The minimum atomic E-state index is -4.43. The van der Waals surface area contributed by atoms with E-state index in [0.717, 1.165) is 12.1 Å². The molecule has 0 fully saturated rings. The van der Waals surface area contributed by atoms with Crippen molar-refractivity contribution in [3.05, 3.63) is 39.5 Å². The lowest BCUT2D eigenvalue weighted by Gasteiger charge is -2.11. The number of phenolic OH excluding ortho intramolecular Hbond substituents is 1. The van der Waals surface area contributed by atoms with Crippen LogP contribution in [-0.4, -0.2) is 5.11 Å². The van der Waals surface area contributed by atoms with Gasteiger partial charge in [0.2, 0.25) is 0 Å². The average Bonchev–Trinajstić information content (AvgIpc) is 2.11. The predicted molar refractivity (Wildman–Crippen MR) is 59.7 cm³/mol. The van der Waals surface area contributed by atoms with Crippen LogP contribution >= 0.6 is 22.6 Å². The van der Waals surface area contributed by atoms with Crippen molar-refractivity contribution < 1.29 is 18.3 Å². The highest BCUT2D eigenvalue weighted by Crippen LogP contribution is 2.35. The van der Waals surface area contributed by atoms with E-state index < -0.39 is 11.7 Å². The summed E-state index contributed by atoms with van der Waals surface area (Å²) in [6, 6.07) is 1.76. The van der Waals surface area contributed by atoms with Crippen molar-refractivity contribution in [3.63, 3.8) is 0 Å². The number of phenols is 1. The third kappa shape index (κ3) is 2.87. The summed E-state index contributed by atoms with van der Waals surface area (Å²) in [7, 11) is 0. The number of benzene rings is 1. The molecule has 1 N–H and O–H groups in total. The molecule has 0 atom stereocenters. The molecule has 0 aromatic heterocycles. The highest BCUT2D eigenvalue weighted by Gasteiger charge is 2.31. The molecule has 0 radical (unpaired) electrons. The number of aromatic hydroxyl groups is 1. The summed E-state index contributed by atoms with van der Waals surface area (Å²) in [5, 5.41) is 9.33. The van der Waals surface area contributed by atoms with Gasteiger partial charge in [-0.2, -0.15) is 13.2 Å². The summed E-state index contributed by atoms with van der Waals surface area (Å²) in [6.45, 7) is 3.45. The van der Waals surface area contributed by atoms with Crippen LogP contribution in [0.25, 0.3) is 0 Å². The van der Waals surface area contributed by atoms with Gasteiger partial charge in [0.15, 0.2) is 0 Å². The lowest BCUT2D eigenvalue weighted by Crippen LogP contribution is -2.06. The number of alkyl halides is 3. The number of allylic oxidation sites excluding steroid dienone is 1. The van der Waals surface area contributed by atoms with Crippen LogP contribution in [0.2, 0.25) is 0 Å². The Labute approximate surface area is 98.8 Å². The van der Waals surface area contributed by atoms with Gasteiger partial charge in [-0.15, -0.1) is 6.58 Å². The summed E-state index contributed by atoms with van der Waals surface area (Å²) < 4.78 is 37.6. The molecule has 0 aliphatic carbocycles. The van der Waals surface area contributed by atoms with Crippen LogP contribution < -0.4 is 0 Å². The fourth-order valence-corrected chi connectivity index (χ4v) is 1.67. The molecule has 82 valence electrons. The Balaban J connectivity index is 3.29. The second kappa shape index (κ2) is 4.42. The van der Waals surface area contributed by atoms with Crippen LogP contribution in [-0.2, 0) is 12.6 Å². The van der Waals surface area contributed by atoms with Gasteiger partial charge in [-0.1, -0.05) is 6.08 Å². The van der Waals surface area contributed by atoms with Gasteiger partial charge in [0.1, 0.15) is 5.75 Å². The number of rotatable bonds is 2. The molecule has 0 saturated carbocycles. The summed E-state index contributed by atoms with van der Waals surface area (Å²) in [4.78, 5) is 0. The quantitative estimate of drug-likeness (QED) is 0.648. The summed E-state index contributed by atoms with van der Waals surface area (Å²) in [6.07, 6.45) is -2.63. The highest BCUT2D eigenvalue weighted by atomic mass is 127. The van der Waals surface area contributed by atoms with Crippen molar-refractivity contribution in [2.45, 2.75) is 12.6 Å². The van der Waals surface area contributed by atoms with Crippen molar-refractivity contribution in [2.75, 3.05) is 0 Å². The average molecular weight is 328 g/mol. The van der Waals surface area contributed by atoms with Crippen LogP contribution in [0.3, 0.4) is 0 Å². The van der Waals surface area contributed by atoms with Gasteiger partial charge in [-0.3, -0.25) is 0 Å². The van der Waals surface area contributed by atoms with E-state index in [4.69, 9.17) is 0 Å². The maximum absolute atomic E-state index is 12.4. The Bertz CT molecular complexity index is 385. The number of hydrogen-bond acceptors (Lipinski definition) is 1. The molecule has 0 aliphatic heterocycles. The largest absolute Gasteiger partial charge is 0.507 e. The van der Waals surface area contributed by atoms with Gasteiger partial charge in [0.05, 0.1) is 9.13 Å². The molecule has 0 bridgehead atoms. The van der Waals surface area contributed by atoms with E-state index in [9.17, 15) is 18.3 Å². The van der Waals surface area contributed by atoms with Crippen molar-refractivity contribution in [3.8, 4) is 5.75 Å². The zero-order chi connectivity index (χ0) is 11.6. The van der Waals surface area contributed by atoms with E-state index in [1.807, 2.05) is 22.6 Å². The molecular formula is C10H8F3IO. The first-order valence-electron chi connectivity index (χ1n) is 4.05. The molecule has 0 unspecified atom stereocenters. The smallest absolute Gasteiger partial charge is 0.416 e. The maximum Gasteiger partial charge on any atom is 0.416 e. The lowest BCUT2D eigenvalue weighted by molar-refractivity contribution is -0.137. The van der Waals surface area contributed by atoms with Gasteiger partial charge >= 0.3 is 6.18 Å². The molecule has 15 heavy (non-hydrogen) atoms. The Morgan fingerprint density at radius 1 is 1.40 bits per heavy atom. The maximum atomic E-state index is 12.4. The second-order valence-corrected chi connectivity index (χ2v) is 4.04. The van der Waals surface area contributed by atoms with Gasteiger partial charge in [-0.25, -0.2) is 0 Å². The first-order valence-corrected chi connectivity index (χ1v) is 5.13. The van der Waals surface area contributed by atoms with E-state index in [1.54, 1.807) is 0 Å². The SMILES string of the molecule is C=CCc1cc(C(F)(F)F)cc(O)c1I. The minimum Gasteiger partial charge on any atom is -0.507 e. The third-order valence-corrected chi connectivity index (χ3v) is 3.07.